The van der Waals surface area contributed by atoms with Crippen molar-refractivity contribution in [1.29, 1.82) is 0 Å². The van der Waals surface area contributed by atoms with Crippen LogP contribution in [0.3, 0.4) is 0 Å². The standard InChI is InChI=1S/C21H14ClNO3S/c1-12(24)26-21-16-9-8-15(22)11-17(16)23-19(21)20(25)14-6-4-13(5-7-14)18-3-2-10-27-18/h2-11,23H,1H3. The van der Waals surface area contributed by atoms with E-state index < -0.39 is 5.97 Å². The van der Waals surface area contributed by atoms with Crippen molar-refractivity contribution >= 4 is 45.6 Å². The Morgan fingerprint density at radius 3 is 2.52 bits per heavy atom. The fourth-order valence-electron chi connectivity index (χ4n) is 2.93. The van der Waals surface area contributed by atoms with Crippen LogP contribution in [0.1, 0.15) is 23.0 Å². The summed E-state index contributed by atoms with van der Waals surface area (Å²) < 4.78 is 5.33. The molecular weight excluding hydrogens is 382 g/mol. The quantitative estimate of drug-likeness (QED) is 0.356. The second-order valence-electron chi connectivity index (χ2n) is 6.00. The monoisotopic (exact) mass is 395 g/mol. The molecule has 0 bridgehead atoms. The van der Waals surface area contributed by atoms with Gasteiger partial charge in [-0.05, 0) is 35.2 Å². The van der Waals surface area contributed by atoms with E-state index in [4.69, 9.17) is 16.3 Å². The highest BCUT2D eigenvalue weighted by Crippen LogP contribution is 2.34. The van der Waals surface area contributed by atoms with Crippen molar-refractivity contribution < 1.29 is 14.3 Å². The number of rotatable bonds is 4. The first-order chi connectivity index (χ1) is 13.0. The summed E-state index contributed by atoms with van der Waals surface area (Å²) in [6.07, 6.45) is 0. The molecule has 0 unspecified atom stereocenters. The van der Waals surface area contributed by atoms with Crippen molar-refractivity contribution in [2.75, 3.05) is 0 Å². The first kappa shape index (κ1) is 17.5. The summed E-state index contributed by atoms with van der Waals surface area (Å²) in [6, 6.07) is 16.5. The van der Waals surface area contributed by atoms with Gasteiger partial charge in [0.2, 0.25) is 5.78 Å². The van der Waals surface area contributed by atoms with E-state index in [0.29, 0.717) is 21.5 Å². The lowest BCUT2D eigenvalue weighted by Crippen LogP contribution is -2.08. The number of hydrogen-bond acceptors (Lipinski definition) is 4. The maximum Gasteiger partial charge on any atom is 0.308 e. The van der Waals surface area contributed by atoms with Crippen LogP contribution in [-0.4, -0.2) is 16.7 Å². The molecule has 0 amide bonds. The molecule has 6 heteroatoms. The first-order valence-corrected chi connectivity index (χ1v) is 9.47. The van der Waals surface area contributed by atoms with Crippen LogP contribution in [0.2, 0.25) is 5.02 Å². The molecule has 0 aliphatic heterocycles. The van der Waals surface area contributed by atoms with Gasteiger partial charge in [-0.3, -0.25) is 9.59 Å². The smallest absolute Gasteiger partial charge is 0.308 e. The molecule has 4 aromatic rings. The van der Waals surface area contributed by atoms with Gasteiger partial charge in [-0.1, -0.05) is 41.9 Å². The molecular formula is C21H14ClNO3S. The average molecular weight is 396 g/mol. The van der Waals surface area contributed by atoms with E-state index in [1.165, 1.54) is 6.92 Å². The molecule has 0 saturated heterocycles. The number of carbonyl (C=O) groups is 2. The van der Waals surface area contributed by atoms with E-state index in [9.17, 15) is 9.59 Å². The number of H-pyrrole nitrogens is 1. The number of carbonyl (C=O) groups excluding carboxylic acids is 2. The fourth-order valence-corrected chi connectivity index (χ4v) is 3.83. The molecule has 2 aromatic carbocycles. The van der Waals surface area contributed by atoms with Gasteiger partial charge in [0, 0.05) is 27.8 Å². The number of halogens is 1. The second kappa shape index (κ2) is 7.02. The van der Waals surface area contributed by atoms with E-state index in [0.717, 1.165) is 10.4 Å². The van der Waals surface area contributed by atoms with Gasteiger partial charge >= 0.3 is 5.97 Å². The summed E-state index contributed by atoms with van der Waals surface area (Å²) >= 11 is 7.68. The zero-order chi connectivity index (χ0) is 19.0. The molecule has 0 radical (unpaired) electrons. The molecule has 1 N–H and O–H groups in total. The molecule has 0 saturated carbocycles. The number of fused-ring (bicyclic) bond motifs is 1. The van der Waals surface area contributed by atoms with Crippen molar-refractivity contribution in [3.8, 4) is 16.2 Å². The number of ether oxygens (including phenoxy) is 1. The number of thiophene rings is 1. The Morgan fingerprint density at radius 1 is 1.07 bits per heavy atom. The largest absolute Gasteiger partial charge is 0.424 e. The van der Waals surface area contributed by atoms with Crippen LogP contribution in [0.15, 0.2) is 60.0 Å². The molecule has 4 nitrogen and oxygen atoms in total. The lowest BCUT2D eigenvalue weighted by Gasteiger charge is -2.05. The van der Waals surface area contributed by atoms with E-state index in [1.807, 2.05) is 29.6 Å². The van der Waals surface area contributed by atoms with E-state index in [2.05, 4.69) is 4.98 Å². The van der Waals surface area contributed by atoms with Crippen LogP contribution < -0.4 is 4.74 Å². The first-order valence-electron chi connectivity index (χ1n) is 8.21. The molecule has 0 aliphatic rings. The van der Waals surface area contributed by atoms with E-state index in [-0.39, 0.29) is 17.2 Å². The van der Waals surface area contributed by atoms with Crippen molar-refractivity contribution in [3.05, 3.63) is 76.3 Å². The van der Waals surface area contributed by atoms with Crippen molar-refractivity contribution in [2.45, 2.75) is 6.92 Å². The molecule has 2 aromatic heterocycles. The van der Waals surface area contributed by atoms with Crippen LogP contribution in [-0.2, 0) is 4.79 Å². The van der Waals surface area contributed by atoms with Crippen LogP contribution in [0.4, 0.5) is 0 Å². The van der Waals surface area contributed by atoms with Crippen LogP contribution >= 0.6 is 22.9 Å². The van der Waals surface area contributed by atoms with Crippen molar-refractivity contribution in [3.63, 3.8) is 0 Å². The third kappa shape index (κ3) is 3.39. The maximum absolute atomic E-state index is 13.0. The number of nitrogens with one attached hydrogen (secondary N) is 1. The summed E-state index contributed by atoms with van der Waals surface area (Å²) in [5.74, 6) is -0.522. The minimum Gasteiger partial charge on any atom is -0.424 e. The Labute approximate surface area is 164 Å². The Hall–Kier alpha value is -2.89. The number of hydrogen-bond donors (Lipinski definition) is 1. The van der Waals surface area contributed by atoms with Gasteiger partial charge in [-0.25, -0.2) is 0 Å². The second-order valence-corrected chi connectivity index (χ2v) is 7.38. The zero-order valence-electron chi connectivity index (χ0n) is 14.3. The lowest BCUT2D eigenvalue weighted by atomic mass is 10.0. The summed E-state index contributed by atoms with van der Waals surface area (Å²) in [4.78, 5) is 28.8. The number of benzene rings is 2. The molecule has 0 fully saturated rings. The molecule has 2 heterocycles. The maximum atomic E-state index is 13.0. The number of aromatic amines is 1. The third-order valence-electron chi connectivity index (χ3n) is 4.14. The minimum absolute atomic E-state index is 0.224. The van der Waals surface area contributed by atoms with Crippen molar-refractivity contribution in [1.82, 2.24) is 4.98 Å². The van der Waals surface area contributed by atoms with Gasteiger partial charge in [-0.15, -0.1) is 11.3 Å². The van der Waals surface area contributed by atoms with Crippen molar-refractivity contribution in [2.24, 2.45) is 0 Å². The highest BCUT2D eigenvalue weighted by molar-refractivity contribution is 7.13. The van der Waals surface area contributed by atoms with Crippen LogP contribution in [0.25, 0.3) is 21.3 Å². The number of aromatic nitrogens is 1. The van der Waals surface area contributed by atoms with E-state index in [1.54, 1.807) is 41.7 Å². The summed E-state index contributed by atoms with van der Waals surface area (Å²) in [5.41, 5.74) is 2.41. The Balaban J connectivity index is 1.76. The Kier molecular flexibility index (Phi) is 4.56. The van der Waals surface area contributed by atoms with Gasteiger partial charge < -0.3 is 9.72 Å². The lowest BCUT2D eigenvalue weighted by molar-refractivity contribution is -0.131. The predicted octanol–water partition coefficient (Wildman–Crippen LogP) is 5.71. The van der Waals surface area contributed by atoms with E-state index >= 15 is 0 Å². The molecule has 27 heavy (non-hydrogen) atoms. The summed E-state index contributed by atoms with van der Waals surface area (Å²) in [5, 5.41) is 3.17. The molecule has 0 atom stereocenters. The number of ketones is 1. The highest BCUT2D eigenvalue weighted by Gasteiger charge is 2.22. The van der Waals surface area contributed by atoms with Crippen LogP contribution in [0, 0.1) is 0 Å². The highest BCUT2D eigenvalue weighted by atomic mass is 35.5. The topological polar surface area (TPSA) is 59.2 Å². The Bertz CT molecular complexity index is 1140. The average Bonchev–Trinajstić information content (AvgIpc) is 3.29. The number of esters is 1. The normalized spacial score (nSPS) is 10.9. The molecule has 4 rings (SSSR count). The van der Waals surface area contributed by atoms with Gasteiger partial charge in [0.25, 0.3) is 0 Å². The minimum atomic E-state index is -0.493. The Morgan fingerprint density at radius 2 is 1.85 bits per heavy atom. The summed E-state index contributed by atoms with van der Waals surface area (Å²) in [6.45, 7) is 1.30. The zero-order valence-corrected chi connectivity index (χ0v) is 15.9. The van der Waals surface area contributed by atoms with Gasteiger partial charge in [-0.2, -0.15) is 0 Å². The predicted molar refractivity (Wildman–Crippen MR) is 108 cm³/mol. The van der Waals surface area contributed by atoms with Gasteiger partial charge in [0.15, 0.2) is 5.75 Å². The molecule has 134 valence electrons. The molecule has 0 aliphatic carbocycles. The van der Waals surface area contributed by atoms with Gasteiger partial charge in [0.05, 0.1) is 5.52 Å². The third-order valence-corrected chi connectivity index (χ3v) is 5.29. The van der Waals surface area contributed by atoms with Crippen LogP contribution in [0.5, 0.6) is 5.75 Å². The fraction of sp³-hybridized carbons (Fsp3) is 0.0476. The summed E-state index contributed by atoms with van der Waals surface area (Å²) in [7, 11) is 0. The molecule has 0 spiro atoms. The SMILES string of the molecule is CC(=O)Oc1c(C(=O)c2ccc(-c3cccs3)cc2)[nH]c2cc(Cl)ccc12. The van der Waals surface area contributed by atoms with Gasteiger partial charge in [0.1, 0.15) is 5.69 Å².